The summed E-state index contributed by atoms with van der Waals surface area (Å²) in [5.74, 6) is 1.15. The summed E-state index contributed by atoms with van der Waals surface area (Å²) in [6.45, 7) is 1.80. The molecule has 0 radical (unpaired) electrons. The van der Waals surface area contributed by atoms with Gasteiger partial charge in [0.05, 0.1) is 6.54 Å². The lowest BCUT2D eigenvalue weighted by Crippen LogP contribution is -2.39. The molecular formula is C16H21N3O2. The molecule has 2 aliphatic rings. The van der Waals surface area contributed by atoms with E-state index >= 15 is 0 Å². The van der Waals surface area contributed by atoms with E-state index in [1.807, 2.05) is 4.90 Å². The van der Waals surface area contributed by atoms with Crippen molar-refractivity contribution >= 4 is 17.5 Å². The second kappa shape index (κ2) is 5.76. The third kappa shape index (κ3) is 3.01. The molecular weight excluding hydrogens is 266 g/mol. The van der Waals surface area contributed by atoms with Crippen LogP contribution in [-0.2, 0) is 4.79 Å². The highest BCUT2D eigenvalue weighted by Gasteiger charge is 2.37. The van der Waals surface area contributed by atoms with Gasteiger partial charge in [-0.25, -0.2) is 0 Å². The first-order chi connectivity index (χ1) is 10.1. The Hall–Kier alpha value is -2.04. The molecule has 2 fully saturated rings. The minimum atomic E-state index is -0.234. The number of carbonyl (C=O) groups is 2. The number of nitrogens with zero attached hydrogens (tertiary/aromatic N) is 1. The maximum atomic E-state index is 12.2. The molecule has 3 rings (SSSR count). The van der Waals surface area contributed by atoms with Crippen LogP contribution in [0, 0.1) is 11.8 Å². The topological polar surface area (TPSA) is 75.4 Å². The van der Waals surface area contributed by atoms with Crippen LogP contribution in [0.25, 0.3) is 0 Å². The van der Waals surface area contributed by atoms with Crippen molar-refractivity contribution in [2.75, 3.05) is 25.4 Å². The summed E-state index contributed by atoms with van der Waals surface area (Å²) >= 11 is 0. The predicted molar refractivity (Wildman–Crippen MR) is 80.6 cm³/mol. The average molecular weight is 287 g/mol. The molecule has 1 aliphatic carbocycles. The van der Waals surface area contributed by atoms with Crippen molar-refractivity contribution in [1.82, 2.24) is 10.2 Å². The van der Waals surface area contributed by atoms with Gasteiger partial charge < -0.3 is 16.0 Å². The molecule has 5 heteroatoms. The zero-order valence-corrected chi connectivity index (χ0v) is 12.0. The first-order valence-electron chi connectivity index (χ1n) is 7.55. The fourth-order valence-electron chi connectivity index (χ4n) is 3.44. The number of hydrogen-bond donors (Lipinski definition) is 2. The fraction of sp³-hybridized carbons (Fsp3) is 0.500. The Kier molecular flexibility index (Phi) is 3.82. The SMILES string of the molecule is Nc1ccc(C(=O)NCC(=O)N2CC3CCCC3C2)cc1. The van der Waals surface area contributed by atoms with Gasteiger partial charge in [0.1, 0.15) is 0 Å². The molecule has 0 spiro atoms. The smallest absolute Gasteiger partial charge is 0.251 e. The van der Waals surface area contributed by atoms with Gasteiger partial charge in [-0.3, -0.25) is 9.59 Å². The molecule has 1 saturated heterocycles. The zero-order valence-electron chi connectivity index (χ0n) is 12.0. The number of rotatable bonds is 3. The maximum absolute atomic E-state index is 12.2. The Balaban J connectivity index is 1.49. The summed E-state index contributed by atoms with van der Waals surface area (Å²) in [4.78, 5) is 26.0. The van der Waals surface area contributed by atoms with E-state index in [4.69, 9.17) is 5.73 Å². The standard InChI is InChI=1S/C16H21N3O2/c17-14-6-4-11(5-7-14)16(21)18-8-15(20)19-9-12-2-1-3-13(12)10-19/h4-7,12-13H,1-3,8-10,17H2,(H,18,21). The van der Waals surface area contributed by atoms with Crippen molar-refractivity contribution in [2.24, 2.45) is 11.8 Å². The monoisotopic (exact) mass is 287 g/mol. The molecule has 1 saturated carbocycles. The Morgan fingerprint density at radius 2 is 1.76 bits per heavy atom. The number of benzene rings is 1. The number of nitrogens with one attached hydrogen (secondary N) is 1. The van der Waals surface area contributed by atoms with Crippen molar-refractivity contribution < 1.29 is 9.59 Å². The lowest BCUT2D eigenvalue weighted by Gasteiger charge is -2.17. The van der Waals surface area contributed by atoms with E-state index in [0.717, 1.165) is 13.1 Å². The molecule has 2 atom stereocenters. The number of nitrogen functional groups attached to an aromatic ring is 1. The second-order valence-corrected chi connectivity index (χ2v) is 6.05. The highest BCUT2D eigenvalue weighted by atomic mass is 16.2. The van der Waals surface area contributed by atoms with Crippen LogP contribution >= 0.6 is 0 Å². The summed E-state index contributed by atoms with van der Waals surface area (Å²) in [5, 5.41) is 2.69. The molecule has 1 aromatic carbocycles. The molecule has 2 amide bonds. The van der Waals surface area contributed by atoms with Gasteiger partial charge in [0, 0.05) is 24.3 Å². The number of likely N-dealkylation sites (tertiary alicyclic amines) is 1. The fourth-order valence-corrected chi connectivity index (χ4v) is 3.44. The van der Waals surface area contributed by atoms with Crippen molar-refractivity contribution in [3.05, 3.63) is 29.8 Å². The molecule has 1 aromatic rings. The number of carbonyl (C=O) groups excluding carboxylic acids is 2. The first kappa shape index (κ1) is 13.9. The molecule has 1 heterocycles. The number of amides is 2. The maximum Gasteiger partial charge on any atom is 0.251 e. The molecule has 21 heavy (non-hydrogen) atoms. The summed E-state index contributed by atoms with van der Waals surface area (Å²) < 4.78 is 0. The van der Waals surface area contributed by atoms with Gasteiger partial charge in [-0.05, 0) is 48.9 Å². The molecule has 5 nitrogen and oxygen atoms in total. The van der Waals surface area contributed by atoms with Gasteiger partial charge in [0.15, 0.2) is 0 Å². The van der Waals surface area contributed by atoms with Crippen molar-refractivity contribution in [3.63, 3.8) is 0 Å². The van der Waals surface area contributed by atoms with E-state index in [0.29, 0.717) is 23.1 Å². The van der Waals surface area contributed by atoms with Crippen LogP contribution in [0.3, 0.4) is 0 Å². The summed E-state index contributed by atoms with van der Waals surface area (Å²) in [6.07, 6.45) is 3.78. The number of fused-ring (bicyclic) bond motifs is 1. The van der Waals surface area contributed by atoms with Crippen LogP contribution in [0.1, 0.15) is 29.6 Å². The molecule has 0 aromatic heterocycles. The molecule has 1 aliphatic heterocycles. The second-order valence-electron chi connectivity index (χ2n) is 6.05. The first-order valence-corrected chi connectivity index (χ1v) is 7.55. The Morgan fingerprint density at radius 1 is 1.14 bits per heavy atom. The zero-order chi connectivity index (χ0) is 14.8. The third-order valence-corrected chi connectivity index (χ3v) is 4.65. The van der Waals surface area contributed by atoms with E-state index < -0.39 is 0 Å². The van der Waals surface area contributed by atoms with Crippen molar-refractivity contribution in [1.29, 1.82) is 0 Å². The van der Waals surface area contributed by atoms with Crippen molar-refractivity contribution in [3.8, 4) is 0 Å². The van der Waals surface area contributed by atoms with Crippen LogP contribution in [0.4, 0.5) is 5.69 Å². The average Bonchev–Trinajstić information content (AvgIpc) is 3.06. The highest BCUT2D eigenvalue weighted by Crippen LogP contribution is 2.37. The van der Waals surface area contributed by atoms with E-state index in [-0.39, 0.29) is 18.4 Å². The Bertz CT molecular complexity index is 529. The minimum Gasteiger partial charge on any atom is -0.399 e. The van der Waals surface area contributed by atoms with Crippen LogP contribution in [0.5, 0.6) is 0 Å². The molecule has 2 unspecified atom stereocenters. The van der Waals surface area contributed by atoms with Crippen LogP contribution < -0.4 is 11.1 Å². The molecule has 0 bridgehead atoms. The van der Waals surface area contributed by atoms with E-state index in [1.165, 1.54) is 19.3 Å². The van der Waals surface area contributed by atoms with Gasteiger partial charge in [0.2, 0.25) is 5.91 Å². The van der Waals surface area contributed by atoms with Crippen LogP contribution in [0.15, 0.2) is 24.3 Å². The van der Waals surface area contributed by atoms with Gasteiger partial charge in [-0.2, -0.15) is 0 Å². The quantitative estimate of drug-likeness (QED) is 0.822. The number of hydrogen-bond acceptors (Lipinski definition) is 3. The number of nitrogens with two attached hydrogens (primary N) is 1. The highest BCUT2D eigenvalue weighted by molar-refractivity contribution is 5.96. The largest absolute Gasteiger partial charge is 0.399 e. The van der Waals surface area contributed by atoms with Gasteiger partial charge >= 0.3 is 0 Å². The van der Waals surface area contributed by atoms with Gasteiger partial charge in [-0.1, -0.05) is 6.42 Å². The predicted octanol–water partition coefficient (Wildman–Crippen LogP) is 1.26. The lowest BCUT2D eigenvalue weighted by molar-refractivity contribution is -0.129. The number of anilines is 1. The van der Waals surface area contributed by atoms with Crippen molar-refractivity contribution in [2.45, 2.75) is 19.3 Å². The summed E-state index contributed by atoms with van der Waals surface area (Å²) in [6, 6.07) is 6.68. The van der Waals surface area contributed by atoms with Crippen LogP contribution in [0.2, 0.25) is 0 Å². The Labute approximate surface area is 124 Å². The third-order valence-electron chi connectivity index (χ3n) is 4.65. The van der Waals surface area contributed by atoms with E-state index in [1.54, 1.807) is 24.3 Å². The van der Waals surface area contributed by atoms with Crippen LogP contribution in [-0.4, -0.2) is 36.3 Å². The lowest BCUT2D eigenvalue weighted by atomic mass is 10.0. The van der Waals surface area contributed by atoms with E-state index in [9.17, 15) is 9.59 Å². The summed E-state index contributed by atoms with van der Waals surface area (Å²) in [5.41, 5.74) is 6.72. The molecule has 112 valence electrons. The summed E-state index contributed by atoms with van der Waals surface area (Å²) in [7, 11) is 0. The minimum absolute atomic E-state index is 0.0215. The molecule has 3 N–H and O–H groups in total. The Morgan fingerprint density at radius 3 is 2.38 bits per heavy atom. The van der Waals surface area contributed by atoms with Gasteiger partial charge in [0.25, 0.3) is 5.91 Å². The van der Waals surface area contributed by atoms with E-state index in [2.05, 4.69) is 5.32 Å². The normalized spacial score (nSPS) is 23.9. The van der Waals surface area contributed by atoms with Gasteiger partial charge in [-0.15, -0.1) is 0 Å².